The van der Waals surface area contributed by atoms with Crippen LogP contribution in [-0.4, -0.2) is 34.5 Å². The molecule has 2 aromatic carbocycles. The lowest BCUT2D eigenvalue weighted by molar-refractivity contribution is -0.137. The number of amides is 1. The Morgan fingerprint density at radius 3 is 2.77 bits per heavy atom. The van der Waals surface area contributed by atoms with Crippen LogP contribution in [0.4, 0.5) is 0 Å². The number of carbonyl (C=O) groups is 1. The van der Waals surface area contributed by atoms with Crippen molar-refractivity contribution in [2.45, 2.75) is 44.8 Å². The van der Waals surface area contributed by atoms with Crippen molar-refractivity contribution in [2.24, 2.45) is 5.92 Å². The monoisotopic (exact) mass is 421 g/mol. The predicted molar refractivity (Wildman–Crippen MR) is 122 cm³/mol. The van der Waals surface area contributed by atoms with Gasteiger partial charge in [0.25, 0.3) is 0 Å². The summed E-state index contributed by atoms with van der Waals surface area (Å²) in [6.45, 7) is 3.32. The van der Waals surface area contributed by atoms with Crippen molar-refractivity contribution >= 4 is 28.4 Å². The van der Waals surface area contributed by atoms with Crippen LogP contribution >= 0.6 is 11.6 Å². The van der Waals surface area contributed by atoms with E-state index in [9.17, 15) is 4.79 Å². The first-order chi connectivity index (χ1) is 14.7. The Labute approximate surface area is 182 Å². The number of rotatable bonds is 6. The lowest BCUT2D eigenvalue weighted by atomic mass is 9.97. The number of halogens is 1. The zero-order chi connectivity index (χ0) is 20.5. The molecule has 5 rings (SSSR count). The molecule has 3 aromatic rings. The fraction of sp³-hybridized carbons (Fsp3) is 0.400. The molecule has 0 spiro atoms. The molecule has 2 aliphatic rings. The summed E-state index contributed by atoms with van der Waals surface area (Å²) in [5.74, 6) is 0.454. The molecule has 156 valence electrons. The van der Waals surface area contributed by atoms with E-state index in [2.05, 4.69) is 51.3 Å². The van der Waals surface area contributed by atoms with Gasteiger partial charge >= 0.3 is 0 Å². The molecule has 1 saturated heterocycles. The highest BCUT2D eigenvalue weighted by Gasteiger charge is 2.36. The van der Waals surface area contributed by atoms with E-state index >= 15 is 0 Å². The van der Waals surface area contributed by atoms with Crippen LogP contribution in [0.3, 0.4) is 0 Å². The average molecular weight is 422 g/mol. The number of hydrogen-bond acceptors (Lipinski definition) is 2. The normalized spacial score (nSPS) is 19.2. The Morgan fingerprint density at radius 1 is 1.13 bits per heavy atom. The Bertz CT molecular complexity index is 1050. The van der Waals surface area contributed by atoms with Crippen molar-refractivity contribution in [1.82, 2.24) is 14.8 Å². The first-order valence-corrected chi connectivity index (χ1v) is 11.4. The van der Waals surface area contributed by atoms with Gasteiger partial charge in [-0.25, -0.2) is 0 Å². The summed E-state index contributed by atoms with van der Waals surface area (Å²) in [5, 5.41) is 5.39. The number of benzene rings is 2. The molecular weight excluding hydrogens is 394 g/mol. The van der Waals surface area contributed by atoms with Crippen LogP contribution < -0.4 is 5.32 Å². The smallest absolute Gasteiger partial charge is 0.227 e. The number of aromatic nitrogens is 1. The van der Waals surface area contributed by atoms with Crippen molar-refractivity contribution in [2.75, 3.05) is 13.1 Å². The third-order valence-corrected chi connectivity index (χ3v) is 6.61. The average Bonchev–Trinajstić information content (AvgIpc) is 3.56. The molecule has 1 aromatic heterocycles. The molecular formula is C25H28ClN3O. The van der Waals surface area contributed by atoms with Crippen LogP contribution in [0.25, 0.3) is 10.9 Å². The minimum absolute atomic E-state index is 0.124. The van der Waals surface area contributed by atoms with E-state index in [1.165, 1.54) is 22.0 Å². The molecule has 2 heterocycles. The largest absolute Gasteiger partial charge is 0.343 e. The Morgan fingerprint density at radius 2 is 2.00 bits per heavy atom. The van der Waals surface area contributed by atoms with E-state index in [4.69, 9.17) is 11.6 Å². The zero-order valence-corrected chi connectivity index (χ0v) is 17.9. The van der Waals surface area contributed by atoms with E-state index < -0.39 is 0 Å². The molecule has 1 saturated carbocycles. The Balaban J connectivity index is 1.44. The second-order valence-corrected chi connectivity index (χ2v) is 9.11. The second-order valence-electron chi connectivity index (χ2n) is 8.67. The van der Waals surface area contributed by atoms with Crippen molar-refractivity contribution in [3.8, 4) is 0 Å². The van der Waals surface area contributed by atoms with Gasteiger partial charge in [-0.15, -0.1) is 0 Å². The fourth-order valence-corrected chi connectivity index (χ4v) is 4.88. The van der Waals surface area contributed by atoms with Crippen LogP contribution in [-0.2, 0) is 17.9 Å². The van der Waals surface area contributed by atoms with Gasteiger partial charge in [0.1, 0.15) is 0 Å². The van der Waals surface area contributed by atoms with Crippen LogP contribution in [0.5, 0.6) is 0 Å². The molecule has 0 bridgehead atoms. The molecule has 30 heavy (non-hydrogen) atoms. The van der Waals surface area contributed by atoms with E-state index in [0.29, 0.717) is 18.5 Å². The number of fused-ring (bicyclic) bond motifs is 1. The third kappa shape index (κ3) is 4.12. The summed E-state index contributed by atoms with van der Waals surface area (Å²) in [6.07, 6.45) is 6.59. The SMILES string of the molecule is O=C([C@@H]1CCCNC1)N(Cc1cn(Cc2cccc(Cl)c2)c2ccccc12)C1CC1. The Kier molecular flexibility index (Phi) is 5.53. The van der Waals surface area contributed by atoms with Crippen LogP contribution in [0.15, 0.2) is 54.7 Å². The van der Waals surface area contributed by atoms with Crippen molar-refractivity contribution < 1.29 is 4.79 Å². The van der Waals surface area contributed by atoms with E-state index in [0.717, 1.165) is 50.3 Å². The van der Waals surface area contributed by atoms with Crippen molar-refractivity contribution in [3.63, 3.8) is 0 Å². The van der Waals surface area contributed by atoms with Gasteiger partial charge in [0.05, 0.1) is 5.92 Å². The minimum Gasteiger partial charge on any atom is -0.343 e. The zero-order valence-electron chi connectivity index (χ0n) is 17.2. The summed E-state index contributed by atoms with van der Waals surface area (Å²) in [5.41, 5.74) is 3.62. The number of nitrogens with zero attached hydrogens (tertiary/aromatic N) is 2. The number of nitrogens with one attached hydrogen (secondary N) is 1. The van der Waals surface area contributed by atoms with Gasteiger partial charge in [0.15, 0.2) is 0 Å². The Hall–Kier alpha value is -2.30. The molecule has 0 unspecified atom stereocenters. The highest BCUT2D eigenvalue weighted by atomic mass is 35.5. The molecule has 1 aliphatic carbocycles. The quantitative estimate of drug-likeness (QED) is 0.618. The topological polar surface area (TPSA) is 37.3 Å². The van der Waals surface area contributed by atoms with Crippen LogP contribution in [0, 0.1) is 5.92 Å². The highest BCUT2D eigenvalue weighted by Crippen LogP contribution is 2.33. The first kappa shape index (κ1) is 19.7. The summed E-state index contributed by atoms with van der Waals surface area (Å²) >= 11 is 6.20. The van der Waals surface area contributed by atoms with Gasteiger partial charge in [0, 0.05) is 47.8 Å². The molecule has 0 radical (unpaired) electrons. The van der Waals surface area contributed by atoms with Gasteiger partial charge in [-0.2, -0.15) is 0 Å². The molecule has 1 amide bonds. The molecule has 1 aliphatic heterocycles. The van der Waals surface area contributed by atoms with Crippen LogP contribution in [0.2, 0.25) is 5.02 Å². The molecule has 2 fully saturated rings. The maximum absolute atomic E-state index is 13.3. The molecule has 1 N–H and O–H groups in total. The van der Waals surface area contributed by atoms with Gasteiger partial charge in [-0.1, -0.05) is 41.9 Å². The van der Waals surface area contributed by atoms with Crippen molar-refractivity contribution in [3.05, 3.63) is 70.9 Å². The predicted octanol–water partition coefficient (Wildman–Crippen LogP) is 4.83. The number of hydrogen-bond donors (Lipinski definition) is 1. The number of carbonyl (C=O) groups excluding carboxylic acids is 1. The second kappa shape index (κ2) is 8.44. The lowest BCUT2D eigenvalue weighted by Gasteiger charge is -2.29. The van der Waals surface area contributed by atoms with E-state index in [-0.39, 0.29) is 5.92 Å². The van der Waals surface area contributed by atoms with Gasteiger partial charge < -0.3 is 14.8 Å². The standard InChI is InChI=1S/C25H28ClN3O/c26-21-7-3-5-18(13-21)15-28-16-20(23-8-1-2-9-24(23)28)17-29(22-10-11-22)25(30)19-6-4-12-27-14-19/h1-3,5,7-9,13,16,19,22,27H,4,6,10-12,14-15,17H2/t19-/m1/s1. The fourth-order valence-electron chi connectivity index (χ4n) is 4.67. The summed E-state index contributed by atoms with van der Waals surface area (Å²) in [6, 6.07) is 17.0. The van der Waals surface area contributed by atoms with Crippen molar-refractivity contribution in [1.29, 1.82) is 0 Å². The number of para-hydroxylation sites is 1. The lowest BCUT2D eigenvalue weighted by Crippen LogP contribution is -2.43. The summed E-state index contributed by atoms with van der Waals surface area (Å²) in [7, 11) is 0. The third-order valence-electron chi connectivity index (χ3n) is 6.37. The highest BCUT2D eigenvalue weighted by molar-refractivity contribution is 6.30. The molecule has 5 heteroatoms. The van der Waals surface area contributed by atoms with Crippen LogP contribution in [0.1, 0.15) is 36.8 Å². The minimum atomic E-state index is 0.124. The van der Waals surface area contributed by atoms with E-state index in [1.54, 1.807) is 0 Å². The van der Waals surface area contributed by atoms with Gasteiger partial charge in [0.2, 0.25) is 5.91 Å². The van der Waals surface area contributed by atoms with Gasteiger partial charge in [-0.05, 0) is 61.6 Å². The summed E-state index contributed by atoms with van der Waals surface area (Å²) in [4.78, 5) is 15.5. The van der Waals surface area contributed by atoms with E-state index in [1.807, 2.05) is 18.2 Å². The maximum atomic E-state index is 13.3. The summed E-state index contributed by atoms with van der Waals surface area (Å²) < 4.78 is 2.29. The molecule has 4 nitrogen and oxygen atoms in total. The van der Waals surface area contributed by atoms with Gasteiger partial charge in [-0.3, -0.25) is 4.79 Å². The first-order valence-electron chi connectivity index (χ1n) is 11.0. The molecule has 1 atom stereocenters. The maximum Gasteiger partial charge on any atom is 0.227 e. The number of piperidine rings is 1.